The van der Waals surface area contributed by atoms with Crippen LogP contribution < -0.4 is 15.4 Å². The van der Waals surface area contributed by atoms with Gasteiger partial charge in [-0.2, -0.15) is 0 Å². The minimum atomic E-state index is -0.729. The molecule has 6 heterocycles. The molecule has 3 aromatic heterocycles. The number of nitrogens with zero attached hydrogens (tertiary/aromatic N) is 4. The van der Waals surface area contributed by atoms with Crippen LogP contribution in [0.25, 0.3) is 44.7 Å². The molecule has 3 aliphatic heterocycles. The van der Waals surface area contributed by atoms with Gasteiger partial charge in [-0.05, 0) is 79.5 Å². The number of ether oxygens (including phenoxy) is 3. The van der Waals surface area contributed by atoms with Gasteiger partial charge >= 0.3 is 12.2 Å². The van der Waals surface area contributed by atoms with Crippen molar-refractivity contribution in [3.63, 3.8) is 0 Å². The van der Waals surface area contributed by atoms with Crippen LogP contribution in [0.2, 0.25) is 5.02 Å². The lowest BCUT2D eigenvalue weighted by atomic mass is 9.91. The van der Waals surface area contributed by atoms with Crippen molar-refractivity contribution in [2.75, 3.05) is 27.3 Å². The number of imidazole rings is 2. The van der Waals surface area contributed by atoms with Gasteiger partial charge in [-0.3, -0.25) is 9.59 Å². The Morgan fingerprint density at radius 2 is 1.26 bits per heavy atom. The average molecular weight is 916 g/mol. The Morgan fingerprint density at radius 1 is 0.727 bits per heavy atom. The Hall–Kier alpha value is -6.81. The summed E-state index contributed by atoms with van der Waals surface area (Å²) >= 11 is 6.39. The van der Waals surface area contributed by atoms with Gasteiger partial charge in [0.25, 0.3) is 0 Å². The highest BCUT2D eigenvalue weighted by Gasteiger charge is 2.40. The average Bonchev–Trinajstić information content (AvgIpc) is 4.18. The number of alkyl carbamates (subject to hydrolysis) is 2. The first kappa shape index (κ1) is 44.4. The summed E-state index contributed by atoms with van der Waals surface area (Å²) in [6, 6.07) is 18.0. The molecule has 3 aromatic carbocycles. The Bertz CT molecular complexity index is 2800. The highest BCUT2D eigenvalue weighted by atomic mass is 35.5. The predicted molar refractivity (Wildman–Crippen MR) is 249 cm³/mol. The molecule has 17 heteroatoms. The van der Waals surface area contributed by atoms with Crippen molar-refractivity contribution in [3.8, 4) is 39.5 Å². The van der Waals surface area contributed by atoms with E-state index in [1.165, 1.54) is 14.2 Å². The number of benzene rings is 3. The molecular formula is C49H54ClN9O7. The van der Waals surface area contributed by atoms with Crippen LogP contribution in [-0.4, -0.2) is 98.1 Å². The summed E-state index contributed by atoms with van der Waals surface area (Å²) in [7, 11) is 2.57. The molecule has 4 amide bonds. The van der Waals surface area contributed by atoms with Crippen molar-refractivity contribution in [1.82, 2.24) is 45.4 Å². The number of aromatic amines is 3. The fraction of sp³-hybridized carbons (Fsp3) is 0.388. The van der Waals surface area contributed by atoms with E-state index < -0.39 is 30.4 Å². The number of hydrogen-bond acceptors (Lipinski definition) is 9. The van der Waals surface area contributed by atoms with Gasteiger partial charge in [0.2, 0.25) is 11.8 Å². The first-order chi connectivity index (χ1) is 31.8. The number of carbonyl (C=O) groups is 4. The quantitative estimate of drug-likeness (QED) is 0.0843. The first-order valence-corrected chi connectivity index (χ1v) is 22.8. The van der Waals surface area contributed by atoms with Crippen LogP contribution in [0.1, 0.15) is 94.3 Å². The fourth-order valence-electron chi connectivity index (χ4n) is 9.61. The second-order valence-electron chi connectivity index (χ2n) is 17.9. The van der Waals surface area contributed by atoms with Crippen LogP contribution in [0.4, 0.5) is 9.59 Å². The Kier molecular flexibility index (Phi) is 12.3. The van der Waals surface area contributed by atoms with Gasteiger partial charge in [-0.1, -0.05) is 63.6 Å². The molecule has 0 radical (unpaired) electrons. The Labute approximate surface area is 387 Å². The summed E-state index contributed by atoms with van der Waals surface area (Å²) in [6.07, 6.45) is 4.92. The van der Waals surface area contributed by atoms with Crippen LogP contribution in [0.15, 0.2) is 73.1 Å². The van der Waals surface area contributed by atoms with Gasteiger partial charge in [0.05, 0.1) is 55.8 Å². The third-order valence-electron chi connectivity index (χ3n) is 13.1. The summed E-state index contributed by atoms with van der Waals surface area (Å²) in [5.74, 6) is 1.43. The lowest BCUT2D eigenvalue weighted by Crippen LogP contribution is -2.51. The van der Waals surface area contributed by atoms with Crippen molar-refractivity contribution in [2.24, 2.45) is 11.8 Å². The maximum absolute atomic E-state index is 13.8. The molecule has 344 valence electrons. The molecular weight excluding hydrogens is 862 g/mol. The van der Waals surface area contributed by atoms with Gasteiger partial charge in [-0.25, -0.2) is 19.6 Å². The zero-order valence-corrected chi connectivity index (χ0v) is 38.5. The molecule has 0 spiro atoms. The molecule has 0 saturated carbocycles. The number of likely N-dealkylation sites (tertiary alicyclic amines) is 2. The van der Waals surface area contributed by atoms with Crippen LogP contribution >= 0.6 is 11.6 Å². The standard InChI is InChI=1S/C49H54ClN9O7/c1-25(2)40(56-48(62)64-5)46(60)58-19-7-9-36(58)44-51-23-34(54-44)28-14-18-33-32(21-28)39-42(53-33)31-17-13-29(22-38(31)66-43(39)27-11-15-30(50)16-12-27)35-24-52-45(55-35)37-10-8-20-59(37)47(61)41(26(3)4)57-49(63)65-6/h11-18,21-26,36-37,40-41,43,53H,7-10,19-20H2,1-6H3,(H,51,54)(H,52,55)(H,56,62)(H,57,63)/t36-,37-,40-,41-,43?/m0/s1. The van der Waals surface area contributed by atoms with Crippen molar-refractivity contribution in [2.45, 2.75) is 83.6 Å². The SMILES string of the molecule is COC(=O)N[C@H](C(=O)N1CCC[C@H]1c1ncc(-c2ccc3c(c2)OC(c2ccc(Cl)cc2)c2c-3[nH]c3ccc(-c4cnc([C@@H]5CCCN5C(=O)[C@@H](NC(=O)OC)C(C)C)[nH]4)cc23)[nH]1)C(C)C. The summed E-state index contributed by atoms with van der Waals surface area (Å²) in [5, 5.41) is 7.03. The third kappa shape index (κ3) is 8.33. The van der Waals surface area contributed by atoms with Crippen LogP contribution in [0.5, 0.6) is 5.75 Å². The molecule has 2 saturated heterocycles. The third-order valence-corrected chi connectivity index (χ3v) is 13.3. The molecule has 16 nitrogen and oxygen atoms in total. The van der Waals surface area contributed by atoms with E-state index in [4.69, 9.17) is 35.8 Å². The Morgan fingerprint density at radius 3 is 1.79 bits per heavy atom. The highest BCUT2D eigenvalue weighted by Crippen LogP contribution is 2.49. The van der Waals surface area contributed by atoms with Gasteiger partial charge in [0, 0.05) is 51.3 Å². The van der Waals surface area contributed by atoms with E-state index in [0.29, 0.717) is 35.5 Å². The molecule has 2 fully saturated rings. The summed E-state index contributed by atoms with van der Waals surface area (Å²) < 4.78 is 16.6. The first-order valence-electron chi connectivity index (χ1n) is 22.5. The molecule has 0 aliphatic carbocycles. The van der Waals surface area contributed by atoms with Crippen molar-refractivity contribution < 1.29 is 33.4 Å². The lowest BCUT2D eigenvalue weighted by Gasteiger charge is -2.30. The fourth-order valence-corrected chi connectivity index (χ4v) is 9.73. The van der Waals surface area contributed by atoms with Crippen molar-refractivity contribution >= 4 is 46.5 Å². The van der Waals surface area contributed by atoms with Gasteiger partial charge in [0.15, 0.2) is 6.10 Å². The number of amides is 4. The highest BCUT2D eigenvalue weighted by molar-refractivity contribution is 6.30. The number of H-pyrrole nitrogens is 3. The minimum Gasteiger partial charge on any atom is -0.480 e. The van der Waals surface area contributed by atoms with Crippen molar-refractivity contribution in [1.29, 1.82) is 0 Å². The lowest BCUT2D eigenvalue weighted by molar-refractivity contribution is -0.136. The van der Waals surface area contributed by atoms with E-state index in [1.54, 1.807) is 22.2 Å². The molecule has 1 unspecified atom stereocenters. The molecule has 3 aliphatic rings. The number of aromatic nitrogens is 5. The normalized spacial score (nSPS) is 18.8. The summed E-state index contributed by atoms with van der Waals surface area (Å²) in [5.41, 5.74) is 8.05. The number of hydrogen-bond donors (Lipinski definition) is 5. The monoisotopic (exact) mass is 915 g/mol. The number of fused-ring (bicyclic) bond motifs is 5. The van der Waals surface area contributed by atoms with E-state index in [2.05, 4.69) is 43.8 Å². The van der Waals surface area contributed by atoms with Crippen LogP contribution in [0, 0.1) is 11.8 Å². The molecule has 0 bridgehead atoms. The van der Waals surface area contributed by atoms with Crippen molar-refractivity contribution in [3.05, 3.63) is 101 Å². The van der Waals surface area contributed by atoms with Gasteiger partial charge in [-0.15, -0.1) is 0 Å². The molecule has 5 N–H and O–H groups in total. The van der Waals surface area contributed by atoms with E-state index in [1.807, 2.05) is 70.2 Å². The second kappa shape index (κ2) is 18.2. The topological polar surface area (TPSA) is 200 Å². The van der Waals surface area contributed by atoms with E-state index in [-0.39, 0.29) is 35.7 Å². The number of nitrogens with one attached hydrogen (secondary N) is 5. The smallest absolute Gasteiger partial charge is 0.407 e. The maximum Gasteiger partial charge on any atom is 0.407 e. The molecule has 6 aromatic rings. The molecule has 9 rings (SSSR count). The number of carbonyl (C=O) groups excluding carboxylic acids is 4. The second-order valence-corrected chi connectivity index (χ2v) is 18.3. The number of halogens is 1. The number of rotatable bonds is 11. The molecule has 66 heavy (non-hydrogen) atoms. The Balaban J connectivity index is 1.02. The van der Waals surface area contributed by atoms with E-state index in [0.717, 1.165) is 81.5 Å². The van der Waals surface area contributed by atoms with Gasteiger partial charge < -0.3 is 49.6 Å². The van der Waals surface area contributed by atoms with Gasteiger partial charge in [0.1, 0.15) is 29.5 Å². The summed E-state index contributed by atoms with van der Waals surface area (Å²) in [4.78, 5) is 75.7. The number of methoxy groups -OCH3 is 2. The largest absolute Gasteiger partial charge is 0.480 e. The molecule has 5 atom stereocenters. The maximum atomic E-state index is 13.8. The predicted octanol–water partition coefficient (Wildman–Crippen LogP) is 8.84. The summed E-state index contributed by atoms with van der Waals surface area (Å²) in [6.45, 7) is 8.70. The zero-order chi connectivity index (χ0) is 46.4. The van der Waals surface area contributed by atoms with Crippen LogP contribution in [-0.2, 0) is 19.1 Å². The van der Waals surface area contributed by atoms with E-state index in [9.17, 15) is 19.2 Å². The minimum absolute atomic E-state index is 0.139. The van der Waals surface area contributed by atoms with Crippen LogP contribution in [0.3, 0.4) is 0 Å². The van der Waals surface area contributed by atoms with E-state index >= 15 is 0 Å². The zero-order valence-electron chi connectivity index (χ0n) is 37.7.